The van der Waals surface area contributed by atoms with Crippen LogP contribution in [0, 0.1) is 0 Å². The van der Waals surface area contributed by atoms with Crippen molar-refractivity contribution in [2.24, 2.45) is 0 Å². The fraction of sp³-hybridized carbons (Fsp3) is 0.385. The van der Waals surface area contributed by atoms with Gasteiger partial charge in [-0.3, -0.25) is 4.79 Å². The molecule has 1 aliphatic heterocycles. The van der Waals surface area contributed by atoms with Gasteiger partial charge in [0.05, 0.1) is 18.7 Å². The molecule has 2 rings (SSSR count). The monoisotopic (exact) mass is 249 g/mol. The van der Waals surface area contributed by atoms with E-state index in [1.807, 2.05) is 0 Å². The summed E-state index contributed by atoms with van der Waals surface area (Å²) in [6.07, 6.45) is 1.22. The summed E-state index contributed by atoms with van der Waals surface area (Å²) in [6.45, 7) is 0.219. The van der Waals surface area contributed by atoms with Crippen LogP contribution in [0.25, 0.3) is 0 Å². The number of hydrogen-bond donors (Lipinski definition) is 1. The van der Waals surface area contributed by atoms with E-state index in [1.165, 1.54) is 0 Å². The van der Waals surface area contributed by atoms with Crippen LogP contribution < -0.4 is 10.1 Å². The van der Waals surface area contributed by atoms with Crippen molar-refractivity contribution in [1.82, 2.24) is 5.32 Å². The molecule has 0 aromatic heterocycles. The number of benzene rings is 1. The van der Waals surface area contributed by atoms with Gasteiger partial charge in [0.15, 0.2) is 0 Å². The standard InChI is InChI=1S/C13H15NO4/c1-17-11-5-2-9(3-6-11)13(16)18-8-10-4-7-12(15)14-10/h2-3,5-6,10H,4,7-8H2,1H3,(H,14,15)/t10-/m1/s1. The Hall–Kier alpha value is -2.04. The lowest BCUT2D eigenvalue weighted by Gasteiger charge is -2.10. The van der Waals surface area contributed by atoms with Crippen molar-refractivity contribution in [1.29, 1.82) is 0 Å². The van der Waals surface area contributed by atoms with Gasteiger partial charge < -0.3 is 14.8 Å². The number of methoxy groups -OCH3 is 1. The predicted octanol–water partition coefficient (Wildman–Crippen LogP) is 1.13. The smallest absolute Gasteiger partial charge is 0.338 e. The van der Waals surface area contributed by atoms with Crippen LogP contribution in [0.5, 0.6) is 5.75 Å². The van der Waals surface area contributed by atoms with Gasteiger partial charge in [0.25, 0.3) is 0 Å². The number of hydrogen-bond acceptors (Lipinski definition) is 4. The van der Waals surface area contributed by atoms with Crippen molar-refractivity contribution in [2.45, 2.75) is 18.9 Å². The van der Waals surface area contributed by atoms with Crippen LogP contribution in [0.2, 0.25) is 0 Å². The van der Waals surface area contributed by atoms with E-state index in [0.29, 0.717) is 24.2 Å². The number of amides is 1. The first-order valence-corrected chi connectivity index (χ1v) is 5.79. The second kappa shape index (κ2) is 5.53. The van der Waals surface area contributed by atoms with Gasteiger partial charge in [-0.15, -0.1) is 0 Å². The van der Waals surface area contributed by atoms with Gasteiger partial charge >= 0.3 is 5.97 Å². The molecular formula is C13H15NO4. The van der Waals surface area contributed by atoms with Crippen molar-refractivity contribution in [3.05, 3.63) is 29.8 Å². The molecule has 1 fully saturated rings. The fourth-order valence-corrected chi connectivity index (χ4v) is 1.79. The molecule has 5 heteroatoms. The maximum atomic E-state index is 11.7. The van der Waals surface area contributed by atoms with Crippen molar-refractivity contribution >= 4 is 11.9 Å². The molecule has 0 radical (unpaired) electrons. The van der Waals surface area contributed by atoms with Crippen LogP contribution in [-0.2, 0) is 9.53 Å². The molecule has 96 valence electrons. The third-order valence-electron chi connectivity index (χ3n) is 2.83. The zero-order valence-electron chi connectivity index (χ0n) is 10.1. The van der Waals surface area contributed by atoms with Gasteiger partial charge in [0.1, 0.15) is 12.4 Å². The maximum Gasteiger partial charge on any atom is 0.338 e. The zero-order valence-corrected chi connectivity index (χ0v) is 10.1. The summed E-state index contributed by atoms with van der Waals surface area (Å²) in [6, 6.07) is 6.64. The first-order valence-electron chi connectivity index (χ1n) is 5.79. The Morgan fingerprint density at radius 1 is 1.39 bits per heavy atom. The average molecular weight is 249 g/mol. The Morgan fingerprint density at radius 2 is 2.11 bits per heavy atom. The summed E-state index contributed by atoms with van der Waals surface area (Å²) >= 11 is 0. The van der Waals surface area contributed by atoms with Gasteiger partial charge in [-0.2, -0.15) is 0 Å². The Labute approximate surface area is 105 Å². The van der Waals surface area contributed by atoms with E-state index in [2.05, 4.69) is 5.32 Å². The van der Waals surface area contributed by atoms with Crippen LogP contribution in [0.4, 0.5) is 0 Å². The van der Waals surface area contributed by atoms with E-state index >= 15 is 0 Å². The Balaban J connectivity index is 1.85. The van der Waals surface area contributed by atoms with E-state index in [9.17, 15) is 9.59 Å². The SMILES string of the molecule is COc1ccc(C(=O)OC[C@H]2CCC(=O)N2)cc1. The topological polar surface area (TPSA) is 64.6 Å². The average Bonchev–Trinajstić information content (AvgIpc) is 2.82. The van der Waals surface area contributed by atoms with Gasteiger partial charge in [0, 0.05) is 6.42 Å². The summed E-state index contributed by atoms with van der Waals surface area (Å²) in [7, 11) is 1.57. The Kier molecular flexibility index (Phi) is 3.82. The van der Waals surface area contributed by atoms with Crippen molar-refractivity contribution < 1.29 is 19.1 Å². The fourth-order valence-electron chi connectivity index (χ4n) is 1.79. The largest absolute Gasteiger partial charge is 0.497 e. The number of ether oxygens (including phenoxy) is 2. The third kappa shape index (κ3) is 3.00. The number of esters is 1. The normalized spacial score (nSPS) is 18.3. The van der Waals surface area contributed by atoms with Gasteiger partial charge in [-0.1, -0.05) is 0 Å². The van der Waals surface area contributed by atoms with E-state index in [1.54, 1.807) is 31.4 Å². The number of rotatable bonds is 4. The van der Waals surface area contributed by atoms with Crippen LogP contribution in [0.3, 0.4) is 0 Å². The number of carbonyl (C=O) groups excluding carboxylic acids is 2. The van der Waals surface area contributed by atoms with Crippen LogP contribution in [-0.4, -0.2) is 31.6 Å². The second-order valence-electron chi connectivity index (χ2n) is 4.13. The van der Waals surface area contributed by atoms with Crippen molar-refractivity contribution in [3.63, 3.8) is 0 Å². The molecule has 1 N–H and O–H groups in total. The Morgan fingerprint density at radius 3 is 2.67 bits per heavy atom. The summed E-state index contributed by atoms with van der Waals surface area (Å²) < 4.78 is 10.1. The zero-order chi connectivity index (χ0) is 13.0. The van der Waals surface area contributed by atoms with Gasteiger partial charge in [0.2, 0.25) is 5.91 Å². The summed E-state index contributed by atoms with van der Waals surface area (Å²) in [5.41, 5.74) is 0.472. The van der Waals surface area contributed by atoms with Crippen molar-refractivity contribution in [2.75, 3.05) is 13.7 Å². The van der Waals surface area contributed by atoms with Gasteiger partial charge in [-0.05, 0) is 30.7 Å². The highest BCUT2D eigenvalue weighted by Gasteiger charge is 2.22. The second-order valence-corrected chi connectivity index (χ2v) is 4.13. The molecule has 0 bridgehead atoms. The molecule has 0 spiro atoms. The highest BCUT2D eigenvalue weighted by molar-refractivity contribution is 5.89. The molecular weight excluding hydrogens is 234 g/mol. The lowest BCUT2D eigenvalue weighted by molar-refractivity contribution is -0.119. The van der Waals surface area contributed by atoms with E-state index in [4.69, 9.17) is 9.47 Å². The molecule has 18 heavy (non-hydrogen) atoms. The molecule has 1 atom stereocenters. The summed E-state index contributed by atoms with van der Waals surface area (Å²) in [5, 5.41) is 2.74. The van der Waals surface area contributed by atoms with Gasteiger partial charge in [-0.25, -0.2) is 4.79 Å². The molecule has 1 aliphatic rings. The summed E-state index contributed by atoms with van der Waals surface area (Å²) in [4.78, 5) is 22.7. The molecule has 0 saturated carbocycles. The quantitative estimate of drug-likeness (QED) is 0.812. The number of carbonyl (C=O) groups is 2. The number of nitrogens with one attached hydrogen (secondary N) is 1. The first-order chi connectivity index (χ1) is 8.69. The molecule has 5 nitrogen and oxygen atoms in total. The first kappa shape index (κ1) is 12.4. The highest BCUT2D eigenvalue weighted by Crippen LogP contribution is 2.13. The highest BCUT2D eigenvalue weighted by atomic mass is 16.5. The van der Waals surface area contributed by atoms with E-state index in [0.717, 1.165) is 0 Å². The van der Waals surface area contributed by atoms with E-state index < -0.39 is 0 Å². The minimum Gasteiger partial charge on any atom is -0.497 e. The lowest BCUT2D eigenvalue weighted by atomic mass is 10.2. The maximum absolute atomic E-state index is 11.7. The molecule has 1 heterocycles. The van der Waals surface area contributed by atoms with E-state index in [-0.39, 0.29) is 24.5 Å². The third-order valence-corrected chi connectivity index (χ3v) is 2.83. The summed E-state index contributed by atoms with van der Waals surface area (Å²) in [5.74, 6) is 0.314. The molecule has 0 aliphatic carbocycles. The predicted molar refractivity (Wildman–Crippen MR) is 64.4 cm³/mol. The molecule has 0 unspecified atom stereocenters. The van der Waals surface area contributed by atoms with Crippen LogP contribution in [0.15, 0.2) is 24.3 Å². The minimum absolute atomic E-state index is 0.0143. The molecule has 1 aromatic carbocycles. The lowest BCUT2D eigenvalue weighted by Crippen LogP contribution is -2.30. The van der Waals surface area contributed by atoms with Crippen molar-refractivity contribution in [3.8, 4) is 5.75 Å². The Bertz CT molecular complexity index is 441. The van der Waals surface area contributed by atoms with Crippen LogP contribution >= 0.6 is 0 Å². The molecule has 1 amide bonds. The van der Waals surface area contributed by atoms with Crippen LogP contribution in [0.1, 0.15) is 23.2 Å². The minimum atomic E-state index is -0.390. The molecule has 1 saturated heterocycles. The molecule has 1 aromatic rings.